The van der Waals surface area contributed by atoms with Crippen LogP contribution in [0.5, 0.6) is 11.5 Å². The number of likely N-dealkylation sites (tertiary alicyclic amines) is 1. The Morgan fingerprint density at radius 2 is 1.79 bits per heavy atom. The van der Waals surface area contributed by atoms with Crippen molar-refractivity contribution in [2.45, 2.75) is 38.0 Å². The van der Waals surface area contributed by atoms with E-state index < -0.39 is 12.7 Å². The lowest BCUT2D eigenvalue weighted by Crippen LogP contribution is -2.46. The Hall–Kier alpha value is -1.47. The molecular formula is C17H25F3N2O2. The average molecular weight is 346 g/mol. The van der Waals surface area contributed by atoms with E-state index >= 15 is 0 Å². The summed E-state index contributed by atoms with van der Waals surface area (Å²) in [6, 6.07) is 6.06. The highest BCUT2D eigenvalue weighted by Crippen LogP contribution is 2.30. The second-order valence-electron chi connectivity index (χ2n) is 6.17. The zero-order valence-corrected chi connectivity index (χ0v) is 14.3. The zero-order chi connectivity index (χ0) is 17.7. The molecule has 1 aliphatic rings. The van der Waals surface area contributed by atoms with Crippen LogP contribution in [-0.2, 0) is 0 Å². The lowest BCUT2D eigenvalue weighted by molar-refractivity contribution is -0.148. The molecule has 1 fully saturated rings. The highest BCUT2D eigenvalue weighted by atomic mass is 19.4. The van der Waals surface area contributed by atoms with Gasteiger partial charge in [0.1, 0.15) is 0 Å². The molecule has 4 nitrogen and oxygen atoms in total. The number of alkyl halides is 3. The van der Waals surface area contributed by atoms with Gasteiger partial charge in [0, 0.05) is 12.1 Å². The Kier molecular flexibility index (Phi) is 6.34. The fourth-order valence-corrected chi connectivity index (χ4v) is 3.08. The van der Waals surface area contributed by atoms with Crippen LogP contribution in [0.15, 0.2) is 18.2 Å². The first-order chi connectivity index (χ1) is 11.3. The summed E-state index contributed by atoms with van der Waals surface area (Å²) in [7, 11) is 3.18. The Morgan fingerprint density at radius 3 is 2.33 bits per heavy atom. The number of benzene rings is 1. The second-order valence-corrected chi connectivity index (χ2v) is 6.17. The zero-order valence-electron chi connectivity index (χ0n) is 14.3. The summed E-state index contributed by atoms with van der Waals surface area (Å²) in [6.45, 7) is 2.17. The van der Waals surface area contributed by atoms with E-state index in [0.717, 1.165) is 5.56 Å². The fourth-order valence-electron chi connectivity index (χ4n) is 3.08. The van der Waals surface area contributed by atoms with Gasteiger partial charge in [-0.1, -0.05) is 6.07 Å². The third-order valence-electron chi connectivity index (χ3n) is 4.38. The Morgan fingerprint density at radius 1 is 1.17 bits per heavy atom. The van der Waals surface area contributed by atoms with Gasteiger partial charge in [-0.15, -0.1) is 0 Å². The first-order valence-electron chi connectivity index (χ1n) is 8.09. The number of rotatable bonds is 6. The van der Waals surface area contributed by atoms with Gasteiger partial charge in [-0.2, -0.15) is 13.2 Å². The molecule has 24 heavy (non-hydrogen) atoms. The molecule has 0 bridgehead atoms. The van der Waals surface area contributed by atoms with Crippen molar-refractivity contribution < 1.29 is 22.6 Å². The van der Waals surface area contributed by atoms with Crippen LogP contribution in [0.1, 0.15) is 31.4 Å². The van der Waals surface area contributed by atoms with Gasteiger partial charge in [0.05, 0.1) is 20.8 Å². The summed E-state index contributed by atoms with van der Waals surface area (Å²) < 4.78 is 47.8. The number of methoxy groups -OCH3 is 2. The molecule has 1 aromatic carbocycles. The summed E-state index contributed by atoms with van der Waals surface area (Å²) in [5, 5.41) is 3.50. The molecule has 0 aliphatic carbocycles. The van der Waals surface area contributed by atoms with Gasteiger partial charge in [0.25, 0.3) is 0 Å². The molecule has 1 atom stereocenters. The lowest BCUT2D eigenvalue weighted by atomic mass is 10.0. The minimum absolute atomic E-state index is 0.0870. The van der Waals surface area contributed by atoms with Crippen LogP contribution < -0.4 is 14.8 Å². The maximum absolute atomic E-state index is 12.4. The van der Waals surface area contributed by atoms with Crippen LogP contribution in [0, 0.1) is 0 Å². The van der Waals surface area contributed by atoms with Crippen molar-refractivity contribution in [3.63, 3.8) is 0 Å². The van der Waals surface area contributed by atoms with Crippen molar-refractivity contribution in [1.29, 1.82) is 0 Å². The highest BCUT2D eigenvalue weighted by Gasteiger charge is 2.32. The van der Waals surface area contributed by atoms with E-state index in [-0.39, 0.29) is 12.1 Å². The van der Waals surface area contributed by atoms with Crippen LogP contribution in [0.4, 0.5) is 13.2 Å². The fraction of sp³-hybridized carbons (Fsp3) is 0.647. The molecule has 0 amide bonds. The molecule has 7 heteroatoms. The van der Waals surface area contributed by atoms with Gasteiger partial charge in [-0.3, -0.25) is 4.90 Å². The number of nitrogens with one attached hydrogen (secondary N) is 1. The standard InChI is InChI=1S/C17H25F3N2O2/c1-12(13-4-5-15(23-2)16(10-13)24-3)21-14-6-8-22(9-7-14)11-17(18,19)20/h4-5,10,12,14,21H,6-9,11H2,1-3H3/t12-/m0/s1. The lowest BCUT2D eigenvalue weighted by Gasteiger charge is -2.34. The Bertz CT molecular complexity index is 529. The normalized spacial score (nSPS) is 18.4. The van der Waals surface area contributed by atoms with Gasteiger partial charge < -0.3 is 14.8 Å². The highest BCUT2D eigenvalue weighted by molar-refractivity contribution is 5.43. The number of ether oxygens (including phenoxy) is 2. The van der Waals surface area contributed by atoms with Crippen molar-refractivity contribution in [3.8, 4) is 11.5 Å². The summed E-state index contributed by atoms with van der Waals surface area (Å²) >= 11 is 0. The molecule has 1 aromatic rings. The molecule has 0 radical (unpaired) electrons. The largest absolute Gasteiger partial charge is 0.493 e. The minimum atomic E-state index is -4.12. The minimum Gasteiger partial charge on any atom is -0.493 e. The van der Waals surface area contributed by atoms with Gasteiger partial charge >= 0.3 is 6.18 Å². The molecular weight excluding hydrogens is 321 g/mol. The van der Waals surface area contributed by atoms with E-state index in [1.54, 1.807) is 14.2 Å². The third-order valence-corrected chi connectivity index (χ3v) is 4.38. The topological polar surface area (TPSA) is 33.7 Å². The molecule has 0 aromatic heterocycles. The molecule has 136 valence electrons. The predicted octanol–water partition coefficient (Wildman–Crippen LogP) is 3.38. The molecule has 2 rings (SSSR count). The van der Waals surface area contributed by atoms with E-state index in [2.05, 4.69) is 5.32 Å². The number of piperidine rings is 1. The van der Waals surface area contributed by atoms with E-state index in [1.165, 1.54) is 4.90 Å². The molecule has 0 spiro atoms. The van der Waals surface area contributed by atoms with Crippen molar-refractivity contribution >= 4 is 0 Å². The van der Waals surface area contributed by atoms with Crippen molar-refractivity contribution in [2.24, 2.45) is 0 Å². The molecule has 1 aliphatic heterocycles. The molecule has 0 unspecified atom stereocenters. The summed E-state index contributed by atoms with van der Waals surface area (Å²) in [6.07, 6.45) is -2.69. The van der Waals surface area contributed by atoms with Crippen LogP contribution in [0.25, 0.3) is 0 Å². The average Bonchev–Trinajstić information content (AvgIpc) is 2.54. The Balaban J connectivity index is 1.88. The summed E-state index contributed by atoms with van der Waals surface area (Å²) in [5.41, 5.74) is 1.06. The number of hydrogen-bond acceptors (Lipinski definition) is 4. The van der Waals surface area contributed by atoms with Crippen molar-refractivity contribution in [3.05, 3.63) is 23.8 Å². The van der Waals surface area contributed by atoms with Gasteiger partial charge in [-0.25, -0.2) is 0 Å². The predicted molar refractivity (Wildman–Crippen MR) is 86.6 cm³/mol. The first-order valence-corrected chi connectivity index (χ1v) is 8.09. The number of hydrogen-bond donors (Lipinski definition) is 1. The van der Waals surface area contributed by atoms with Crippen molar-refractivity contribution in [2.75, 3.05) is 33.9 Å². The quantitative estimate of drug-likeness (QED) is 0.856. The van der Waals surface area contributed by atoms with Crippen LogP contribution in [0.3, 0.4) is 0 Å². The van der Waals surface area contributed by atoms with Gasteiger partial charge in [0.2, 0.25) is 0 Å². The maximum Gasteiger partial charge on any atom is 0.401 e. The molecule has 1 N–H and O–H groups in total. The SMILES string of the molecule is COc1ccc([C@H](C)NC2CCN(CC(F)(F)F)CC2)cc1OC. The van der Waals surface area contributed by atoms with Gasteiger partial charge in [0.15, 0.2) is 11.5 Å². The molecule has 1 saturated heterocycles. The van der Waals surface area contributed by atoms with Crippen molar-refractivity contribution in [1.82, 2.24) is 10.2 Å². The Labute approximate surface area is 140 Å². The summed E-state index contributed by atoms with van der Waals surface area (Å²) in [5.74, 6) is 1.34. The number of halogens is 3. The molecule has 1 heterocycles. The van der Waals surface area contributed by atoms with E-state index in [1.807, 2.05) is 25.1 Å². The van der Waals surface area contributed by atoms with Crippen LogP contribution in [-0.4, -0.2) is 51.0 Å². The maximum atomic E-state index is 12.4. The smallest absolute Gasteiger partial charge is 0.401 e. The van der Waals surface area contributed by atoms with Gasteiger partial charge in [-0.05, 0) is 50.6 Å². The van der Waals surface area contributed by atoms with E-state index in [0.29, 0.717) is 37.4 Å². The first kappa shape index (κ1) is 18.9. The monoisotopic (exact) mass is 346 g/mol. The van der Waals surface area contributed by atoms with Crippen LogP contribution in [0.2, 0.25) is 0 Å². The van der Waals surface area contributed by atoms with E-state index in [4.69, 9.17) is 9.47 Å². The number of nitrogens with zero attached hydrogens (tertiary/aromatic N) is 1. The van der Waals surface area contributed by atoms with E-state index in [9.17, 15) is 13.2 Å². The van der Waals surface area contributed by atoms with Crippen LogP contribution >= 0.6 is 0 Å². The summed E-state index contributed by atoms with van der Waals surface area (Å²) in [4.78, 5) is 1.47. The second kappa shape index (κ2) is 8.07. The third kappa shape index (κ3) is 5.27. The molecule has 0 saturated carbocycles.